The second-order valence-corrected chi connectivity index (χ2v) is 7.69. The summed E-state index contributed by atoms with van der Waals surface area (Å²) >= 11 is 5.97. The minimum Gasteiger partial charge on any atom is -0.393 e. The van der Waals surface area contributed by atoms with Crippen molar-refractivity contribution in [3.8, 4) is 0 Å². The maximum atomic E-state index is 12.9. The van der Waals surface area contributed by atoms with Crippen LogP contribution in [0.2, 0.25) is 5.02 Å². The predicted molar refractivity (Wildman–Crippen MR) is 90.3 cm³/mol. The summed E-state index contributed by atoms with van der Waals surface area (Å²) in [6.07, 6.45) is 1.39. The fraction of sp³-hybridized carbons (Fsp3) is 0.611. The van der Waals surface area contributed by atoms with Crippen molar-refractivity contribution in [3.63, 3.8) is 0 Å². The van der Waals surface area contributed by atoms with Gasteiger partial charge in [0.25, 0.3) is 0 Å². The number of likely N-dealkylation sites (tertiary alicyclic amines) is 1. The van der Waals surface area contributed by atoms with Crippen LogP contribution in [0.15, 0.2) is 24.3 Å². The summed E-state index contributed by atoms with van der Waals surface area (Å²) in [6.45, 7) is 8.32. The summed E-state index contributed by atoms with van der Waals surface area (Å²) < 4.78 is 0. The second-order valence-electron chi connectivity index (χ2n) is 7.25. The lowest BCUT2D eigenvalue weighted by Gasteiger charge is -2.34. The number of benzene rings is 1. The topological polar surface area (TPSA) is 40.5 Å². The van der Waals surface area contributed by atoms with Crippen molar-refractivity contribution in [2.45, 2.75) is 45.6 Å². The Morgan fingerprint density at radius 1 is 1.27 bits per heavy atom. The van der Waals surface area contributed by atoms with Crippen LogP contribution in [0.25, 0.3) is 0 Å². The standard InChI is InChI=1S/C18H26ClNO2/c1-18(2,3)17(22)16(13-4-6-14(19)7-5-13)12-20-10-8-15(21)9-11-20/h4-7,15-16,21H,8-12H2,1-3H3. The molecule has 1 aliphatic rings. The number of aliphatic hydroxyl groups is 1. The van der Waals surface area contributed by atoms with Crippen molar-refractivity contribution in [3.05, 3.63) is 34.9 Å². The molecule has 1 fully saturated rings. The van der Waals surface area contributed by atoms with E-state index in [1.807, 2.05) is 45.0 Å². The number of hydrogen-bond donors (Lipinski definition) is 1. The Bertz CT molecular complexity index is 499. The van der Waals surface area contributed by atoms with Crippen LogP contribution >= 0.6 is 11.6 Å². The van der Waals surface area contributed by atoms with Crippen LogP contribution in [0, 0.1) is 5.41 Å². The van der Waals surface area contributed by atoms with Gasteiger partial charge in [0.1, 0.15) is 5.78 Å². The van der Waals surface area contributed by atoms with Crippen molar-refractivity contribution >= 4 is 17.4 Å². The first kappa shape index (κ1) is 17.5. The fourth-order valence-electron chi connectivity index (χ4n) is 2.92. The first-order valence-electron chi connectivity index (χ1n) is 7.97. The number of nitrogens with zero attached hydrogens (tertiary/aromatic N) is 1. The lowest BCUT2D eigenvalue weighted by atomic mass is 9.79. The molecule has 1 aromatic carbocycles. The number of hydrogen-bond acceptors (Lipinski definition) is 3. The molecule has 0 bridgehead atoms. The zero-order chi connectivity index (χ0) is 16.3. The van der Waals surface area contributed by atoms with E-state index < -0.39 is 0 Å². The van der Waals surface area contributed by atoms with Gasteiger partial charge in [0.05, 0.1) is 12.0 Å². The summed E-state index contributed by atoms with van der Waals surface area (Å²) in [6, 6.07) is 7.60. The third-order valence-electron chi connectivity index (χ3n) is 4.33. The molecular weight excluding hydrogens is 298 g/mol. The van der Waals surface area contributed by atoms with Crippen LogP contribution in [-0.2, 0) is 4.79 Å². The molecule has 0 aliphatic carbocycles. The van der Waals surface area contributed by atoms with E-state index in [4.69, 9.17) is 11.6 Å². The molecule has 0 spiro atoms. The maximum Gasteiger partial charge on any atom is 0.146 e. The number of ketones is 1. The summed E-state index contributed by atoms with van der Waals surface area (Å²) in [5, 5.41) is 10.3. The molecule has 0 aromatic heterocycles. The Balaban J connectivity index is 2.18. The van der Waals surface area contributed by atoms with Gasteiger partial charge in [-0.1, -0.05) is 44.5 Å². The van der Waals surface area contributed by atoms with E-state index in [2.05, 4.69) is 4.90 Å². The van der Waals surface area contributed by atoms with E-state index >= 15 is 0 Å². The van der Waals surface area contributed by atoms with Gasteiger partial charge in [0.15, 0.2) is 0 Å². The average Bonchev–Trinajstić information content (AvgIpc) is 2.46. The highest BCUT2D eigenvalue weighted by Crippen LogP contribution is 2.30. The summed E-state index contributed by atoms with van der Waals surface area (Å²) in [5.74, 6) is 0.105. The molecular formula is C18H26ClNO2. The Labute approximate surface area is 138 Å². The first-order chi connectivity index (χ1) is 10.3. The highest BCUT2D eigenvalue weighted by Gasteiger charge is 2.32. The lowest BCUT2D eigenvalue weighted by molar-refractivity contribution is -0.128. The van der Waals surface area contributed by atoms with Crippen LogP contribution in [0.5, 0.6) is 0 Å². The predicted octanol–water partition coefficient (Wildman–Crippen LogP) is 3.50. The normalized spacial score (nSPS) is 19.1. The molecule has 0 amide bonds. The Morgan fingerprint density at radius 3 is 2.32 bits per heavy atom. The maximum absolute atomic E-state index is 12.9. The van der Waals surface area contributed by atoms with Crippen molar-refractivity contribution in [1.29, 1.82) is 0 Å². The van der Waals surface area contributed by atoms with Crippen LogP contribution in [0.3, 0.4) is 0 Å². The van der Waals surface area contributed by atoms with Crippen molar-refractivity contribution < 1.29 is 9.90 Å². The number of piperidine rings is 1. The van der Waals surface area contributed by atoms with Crippen LogP contribution in [0.1, 0.15) is 45.1 Å². The quantitative estimate of drug-likeness (QED) is 0.922. The monoisotopic (exact) mass is 323 g/mol. The molecule has 1 heterocycles. The molecule has 1 aromatic rings. The largest absolute Gasteiger partial charge is 0.393 e. The number of aliphatic hydroxyl groups excluding tert-OH is 1. The molecule has 1 atom stereocenters. The molecule has 1 aliphatic heterocycles. The third-order valence-corrected chi connectivity index (χ3v) is 4.58. The average molecular weight is 324 g/mol. The minimum atomic E-state index is -0.375. The van der Waals surface area contributed by atoms with Gasteiger partial charge in [-0.25, -0.2) is 0 Å². The van der Waals surface area contributed by atoms with Gasteiger partial charge >= 0.3 is 0 Å². The Kier molecular flexibility index (Phi) is 5.65. The highest BCUT2D eigenvalue weighted by molar-refractivity contribution is 6.30. The van der Waals surface area contributed by atoms with E-state index in [9.17, 15) is 9.90 Å². The van der Waals surface area contributed by atoms with E-state index in [0.717, 1.165) is 31.5 Å². The second kappa shape index (κ2) is 7.12. The van der Waals surface area contributed by atoms with Gasteiger partial charge in [0, 0.05) is 30.1 Å². The summed E-state index contributed by atoms with van der Waals surface area (Å²) in [7, 11) is 0. The highest BCUT2D eigenvalue weighted by atomic mass is 35.5. The van der Waals surface area contributed by atoms with Gasteiger partial charge in [-0.05, 0) is 30.5 Å². The van der Waals surface area contributed by atoms with Crippen molar-refractivity contribution in [1.82, 2.24) is 4.90 Å². The first-order valence-corrected chi connectivity index (χ1v) is 8.35. The molecule has 2 rings (SSSR count). The van der Waals surface area contributed by atoms with Crippen LogP contribution in [-0.4, -0.2) is 41.5 Å². The summed E-state index contributed by atoms with van der Waals surface area (Å²) in [5.41, 5.74) is 0.648. The molecule has 22 heavy (non-hydrogen) atoms. The van der Waals surface area contributed by atoms with Crippen molar-refractivity contribution in [2.24, 2.45) is 5.41 Å². The van der Waals surface area contributed by atoms with E-state index in [1.54, 1.807) is 0 Å². The molecule has 3 nitrogen and oxygen atoms in total. The van der Waals surface area contributed by atoms with Gasteiger partial charge in [0.2, 0.25) is 0 Å². The molecule has 1 saturated heterocycles. The smallest absolute Gasteiger partial charge is 0.146 e. The number of carbonyl (C=O) groups excluding carboxylic acids is 1. The van der Waals surface area contributed by atoms with Gasteiger partial charge in [-0.2, -0.15) is 0 Å². The Hall–Kier alpha value is -0.900. The summed E-state index contributed by atoms with van der Waals surface area (Å²) in [4.78, 5) is 15.2. The lowest BCUT2D eigenvalue weighted by Crippen LogP contribution is -2.41. The SMILES string of the molecule is CC(C)(C)C(=O)C(CN1CCC(O)CC1)c1ccc(Cl)cc1. The van der Waals surface area contributed by atoms with Crippen LogP contribution in [0.4, 0.5) is 0 Å². The van der Waals surface area contributed by atoms with Gasteiger partial charge in [-0.15, -0.1) is 0 Å². The third kappa shape index (κ3) is 4.55. The van der Waals surface area contributed by atoms with E-state index in [-0.39, 0.29) is 23.2 Å². The number of carbonyl (C=O) groups is 1. The Morgan fingerprint density at radius 2 is 1.82 bits per heavy atom. The van der Waals surface area contributed by atoms with Crippen molar-refractivity contribution in [2.75, 3.05) is 19.6 Å². The molecule has 1 N–H and O–H groups in total. The molecule has 1 unspecified atom stereocenters. The minimum absolute atomic E-state index is 0.146. The molecule has 0 saturated carbocycles. The van der Waals surface area contributed by atoms with Crippen LogP contribution < -0.4 is 0 Å². The van der Waals surface area contributed by atoms with Gasteiger partial charge in [-0.3, -0.25) is 4.79 Å². The zero-order valence-corrected chi connectivity index (χ0v) is 14.4. The number of Topliss-reactive ketones (excluding diaryl/α,β-unsaturated/α-hetero) is 1. The molecule has 4 heteroatoms. The van der Waals surface area contributed by atoms with E-state index in [0.29, 0.717) is 11.6 Å². The number of halogens is 1. The van der Waals surface area contributed by atoms with Gasteiger partial charge < -0.3 is 10.0 Å². The fourth-order valence-corrected chi connectivity index (χ4v) is 3.04. The molecule has 0 radical (unpaired) electrons. The zero-order valence-electron chi connectivity index (χ0n) is 13.7. The van der Waals surface area contributed by atoms with E-state index in [1.165, 1.54) is 0 Å². The molecule has 122 valence electrons. The number of rotatable bonds is 4.